The van der Waals surface area contributed by atoms with Gasteiger partial charge < -0.3 is 10.1 Å². The van der Waals surface area contributed by atoms with Gasteiger partial charge in [0.1, 0.15) is 12.9 Å². The first kappa shape index (κ1) is 18.2. The van der Waals surface area contributed by atoms with Crippen LogP contribution in [-0.4, -0.2) is 32.2 Å². The van der Waals surface area contributed by atoms with E-state index in [1.807, 2.05) is 0 Å². The highest BCUT2D eigenvalue weighted by Gasteiger charge is 2.16. The molecule has 0 aliphatic carbocycles. The van der Waals surface area contributed by atoms with E-state index in [1.54, 1.807) is 25.1 Å². The van der Waals surface area contributed by atoms with Crippen LogP contribution in [0.2, 0.25) is 10.0 Å². The Morgan fingerprint density at radius 2 is 2.12 bits per heavy atom. The van der Waals surface area contributed by atoms with Gasteiger partial charge in [0.15, 0.2) is 5.75 Å². The van der Waals surface area contributed by atoms with E-state index in [9.17, 15) is 9.59 Å². The summed E-state index contributed by atoms with van der Waals surface area (Å²) in [6.45, 7) is 1.56. The monoisotopic (exact) mass is 395 g/mol. The average molecular weight is 396 g/mol. The second-order valence-corrected chi connectivity index (χ2v) is 6.37. The predicted molar refractivity (Wildman–Crippen MR) is 96.8 cm³/mol. The molecule has 3 rings (SSSR count). The van der Waals surface area contributed by atoms with Crippen LogP contribution in [0.25, 0.3) is 5.65 Å². The molecule has 8 nitrogen and oxygen atoms in total. The molecule has 2 heterocycles. The Balaban J connectivity index is 1.77. The predicted octanol–water partition coefficient (Wildman–Crippen LogP) is 2.08. The zero-order valence-corrected chi connectivity index (χ0v) is 15.5. The Kier molecular flexibility index (Phi) is 5.15. The van der Waals surface area contributed by atoms with Gasteiger partial charge in [-0.1, -0.05) is 29.3 Å². The molecule has 0 bridgehead atoms. The molecule has 2 aromatic heterocycles. The Morgan fingerprint density at radius 1 is 1.35 bits per heavy atom. The first-order valence-corrected chi connectivity index (χ1v) is 8.37. The quantitative estimate of drug-likeness (QED) is 0.713. The first-order chi connectivity index (χ1) is 12.4. The summed E-state index contributed by atoms with van der Waals surface area (Å²) in [6, 6.07) is 4.80. The number of ether oxygens (including phenoxy) is 1. The van der Waals surface area contributed by atoms with Gasteiger partial charge in [0.05, 0.1) is 29.4 Å². The minimum atomic E-state index is -0.483. The lowest BCUT2D eigenvalue weighted by molar-refractivity contribution is -0.122. The number of nitrogens with one attached hydrogen (secondary N) is 1. The van der Waals surface area contributed by atoms with Crippen LogP contribution < -0.4 is 15.7 Å². The van der Waals surface area contributed by atoms with Crippen molar-refractivity contribution in [3.63, 3.8) is 0 Å². The number of hydrogen-bond acceptors (Lipinski definition) is 5. The van der Waals surface area contributed by atoms with E-state index in [0.29, 0.717) is 15.8 Å². The maximum Gasteiger partial charge on any atom is 0.352 e. The Morgan fingerprint density at radius 3 is 2.81 bits per heavy atom. The van der Waals surface area contributed by atoms with Crippen LogP contribution in [0, 0.1) is 0 Å². The number of nitrogens with zero attached hydrogens (tertiary/aromatic N) is 4. The number of halogens is 2. The van der Waals surface area contributed by atoms with Gasteiger partial charge >= 0.3 is 5.69 Å². The summed E-state index contributed by atoms with van der Waals surface area (Å²) in [7, 11) is 1.45. The lowest BCUT2D eigenvalue weighted by Gasteiger charge is -2.14. The minimum Gasteiger partial charge on any atom is -0.491 e. The Bertz CT molecular complexity index is 1030. The zero-order chi connectivity index (χ0) is 18.8. The number of carbonyl (C=O) groups is 1. The summed E-state index contributed by atoms with van der Waals surface area (Å²) in [4.78, 5) is 28.5. The molecule has 0 fully saturated rings. The molecule has 0 saturated heterocycles. The minimum absolute atomic E-state index is 0.241. The summed E-state index contributed by atoms with van der Waals surface area (Å²) in [5, 5.41) is 7.77. The van der Waals surface area contributed by atoms with Gasteiger partial charge in [-0.05, 0) is 24.6 Å². The van der Waals surface area contributed by atoms with E-state index >= 15 is 0 Å². The van der Waals surface area contributed by atoms with Crippen LogP contribution in [0.5, 0.6) is 5.75 Å². The van der Waals surface area contributed by atoms with Crippen molar-refractivity contribution in [3.8, 4) is 5.75 Å². The van der Waals surface area contributed by atoms with Crippen molar-refractivity contribution in [2.45, 2.75) is 19.5 Å². The van der Waals surface area contributed by atoms with E-state index in [0.717, 1.165) is 10.2 Å². The van der Waals surface area contributed by atoms with Crippen LogP contribution in [0.1, 0.15) is 18.5 Å². The van der Waals surface area contributed by atoms with Gasteiger partial charge in [-0.15, -0.1) is 5.10 Å². The smallest absolute Gasteiger partial charge is 0.352 e. The molecule has 0 unspecified atom stereocenters. The standard InChI is InChI=1S/C16H15Cl2N5O3/c1-9(10-3-4-11(17)12(18)5-10)20-14(24)7-23-16(25)22-8-19-6-13(26-2)15(22)21-23/h3-6,8-9H,7H2,1-2H3,(H,20,24)/t9-/m0/s1. The molecule has 10 heteroatoms. The summed E-state index contributed by atoms with van der Waals surface area (Å²) in [6.07, 6.45) is 2.76. The number of carbonyl (C=O) groups excluding carboxylic acids is 1. The highest BCUT2D eigenvalue weighted by Crippen LogP contribution is 2.25. The van der Waals surface area contributed by atoms with Crippen molar-refractivity contribution in [2.75, 3.05) is 7.11 Å². The molecular formula is C16H15Cl2N5O3. The van der Waals surface area contributed by atoms with Crippen molar-refractivity contribution in [1.82, 2.24) is 24.5 Å². The van der Waals surface area contributed by atoms with E-state index in [1.165, 1.54) is 24.0 Å². The first-order valence-electron chi connectivity index (χ1n) is 7.62. The number of methoxy groups -OCH3 is 1. The molecule has 0 spiro atoms. The lowest BCUT2D eigenvalue weighted by atomic mass is 10.1. The van der Waals surface area contributed by atoms with E-state index in [2.05, 4.69) is 15.4 Å². The molecule has 26 heavy (non-hydrogen) atoms. The summed E-state index contributed by atoms with van der Waals surface area (Å²) >= 11 is 11.9. The van der Waals surface area contributed by atoms with Gasteiger partial charge in [-0.25, -0.2) is 18.9 Å². The van der Waals surface area contributed by atoms with E-state index in [4.69, 9.17) is 27.9 Å². The van der Waals surface area contributed by atoms with Gasteiger partial charge in [0.2, 0.25) is 11.6 Å². The highest BCUT2D eigenvalue weighted by atomic mass is 35.5. The topological polar surface area (TPSA) is 90.5 Å². The SMILES string of the molecule is COc1cncn2c(=O)n(CC(=O)N[C@@H](C)c3ccc(Cl)c(Cl)c3)nc12. The molecule has 136 valence electrons. The molecule has 1 amide bonds. The number of fused-ring (bicyclic) bond motifs is 1. The maximum atomic E-state index is 12.3. The number of hydrogen-bond donors (Lipinski definition) is 1. The summed E-state index contributed by atoms with van der Waals surface area (Å²) in [5.74, 6) is -0.0334. The van der Waals surface area contributed by atoms with E-state index in [-0.39, 0.29) is 24.1 Å². The van der Waals surface area contributed by atoms with Gasteiger partial charge in [0.25, 0.3) is 0 Å². The van der Waals surface area contributed by atoms with Crippen molar-refractivity contribution in [1.29, 1.82) is 0 Å². The average Bonchev–Trinajstić information content (AvgIpc) is 2.93. The molecule has 0 aliphatic rings. The fourth-order valence-electron chi connectivity index (χ4n) is 2.45. The molecular weight excluding hydrogens is 381 g/mol. The normalized spacial score (nSPS) is 12.2. The van der Waals surface area contributed by atoms with Gasteiger partial charge in [-0.3, -0.25) is 4.79 Å². The molecule has 3 aromatic rings. The van der Waals surface area contributed by atoms with Crippen LogP contribution in [0.4, 0.5) is 0 Å². The fraction of sp³-hybridized carbons (Fsp3) is 0.250. The largest absolute Gasteiger partial charge is 0.491 e. The third-order valence-electron chi connectivity index (χ3n) is 3.80. The molecule has 0 aliphatic heterocycles. The van der Waals surface area contributed by atoms with Gasteiger partial charge in [0, 0.05) is 0 Å². The third-order valence-corrected chi connectivity index (χ3v) is 4.54. The number of amides is 1. The second kappa shape index (κ2) is 7.35. The third kappa shape index (κ3) is 3.51. The van der Waals surface area contributed by atoms with Crippen molar-refractivity contribution in [3.05, 3.63) is 56.8 Å². The van der Waals surface area contributed by atoms with E-state index < -0.39 is 5.69 Å². The van der Waals surface area contributed by atoms with Crippen molar-refractivity contribution >= 4 is 34.8 Å². The Labute approximate surface area is 158 Å². The van der Waals surface area contributed by atoms with Crippen molar-refractivity contribution in [2.24, 2.45) is 0 Å². The van der Waals surface area contributed by atoms with Gasteiger partial charge in [-0.2, -0.15) is 0 Å². The molecule has 1 N–H and O–H groups in total. The zero-order valence-electron chi connectivity index (χ0n) is 13.9. The van der Waals surface area contributed by atoms with Crippen LogP contribution in [0.15, 0.2) is 35.5 Å². The Hall–Kier alpha value is -2.58. The number of aromatic nitrogens is 4. The summed E-state index contributed by atoms with van der Waals surface area (Å²) < 4.78 is 7.39. The number of benzene rings is 1. The highest BCUT2D eigenvalue weighted by molar-refractivity contribution is 6.42. The molecule has 1 aromatic carbocycles. The summed E-state index contributed by atoms with van der Waals surface area (Å²) in [5.41, 5.74) is 0.600. The maximum absolute atomic E-state index is 12.3. The number of rotatable bonds is 5. The van der Waals surface area contributed by atoms with Crippen LogP contribution in [0.3, 0.4) is 0 Å². The molecule has 1 atom stereocenters. The van der Waals surface area contributed by atoms with Crippen LogP contribution in [-0.2, 0) is 11.3 Å². The fourth-order valence-corrected chi connectivity index (χ4v) is 2.76. The van der Waals surface area contributed by atoms with Crippen LogP contribution >= 0.6 is 23.2 Å². The molecule has 0 radical (unpaired) electrons. The second-order valence-electron chi connectivity index (χ2n) is 5.56. The molecule has 0 saturated carbocycles. The van der Waals surface area contributed by atoms with Crippen molar-refractivity contribution < 1.29 is 9.53 Å². The lowest BCUT2D eigenvalue weighted by Crippen LogP contribution is -2.34.